The van der Waals surface area contributed by atoms with Gasteiger partial charge in [-0.25, -0.2) is 15.0 Å². The van der Waals surface area contributed by atoms with Crippen molar-refractivity contribution in [1.82, 2.24) is 19.5 Å². The minimum atomic E-state index is -3.99. The van der Waals surface area contributed by atoms with Gasteiger partial charge in [-0.15, -0.1) is 0 Å². The summed E-state index contributed by atoms with van der Waals surface area (Å²) in [6.07, 6.45) is 5.12. The molecule has 16 heteroatoms. The maximum absolute atomic E-state index is 14.3. The second kappa shape index (κ2) is 15.7. The van der Waals surface area contributed by atoms with Gasteiger partial charge in [-0.1, -0.05) is 11.6 Å². The quantitative estimate of drug-likeness (QED) is 0.215. The molecule has 14 nitrogen and oxygen atoms in total. The van der Waals surface area contributed by atoms with Gasteiger partial charge >= 0.3 is 7.60 Å². The normalized spacial score (nSPS) is 31.5. The number of imidazole rings is 1. The summed E-state index contributed by atoms with van der Waals surface area (Å²) >= 11 is 6.50. The summed E-state index contributed by atoms with van der Waals surface area (Å²) in [5, 5.41) is 0.0864. The second-order valence-corrected chi connectivity index (χ2v) is 13.7. The Balaban J connectivity index is 1.42. The monoisotopic (exact) mass is 674 g/mol. The standard InChI is InChI=1S/C29H44ClN4O10P/c1-3-40-45(35,41-4-2)29-33-23-26(30)31-18-32-27(23)34(29)28-25(44-22-13-7-10-16-38-22)24(43-21-12-6-9-15-37-21)19(42-28)17-39-20-11-5-8-14-36-20/h18-22,24-25,28H,3-17H2,1-2H3/t19-,20?,21?,22?,24-,25-,28-/m1/s1. The van der Waals surface area contributed by atoms with E-state index in [1.165, 1.54) is 6.33 Å². The van der Waals surface area contributed by atoms with E-state index in [-0.39, 0.29) is 48.0 Å². The number of fused-ring (bicyclic) bond motifs is 1. The first kappa shape index (κ1) is 33.6. The van der Waals surface area contributed by atoms with Crippen LogP contribution < -0.4 is 5.57 Å². The van der Waals surface area contributed by atoms with Crippen molar-refractivity contribution >= 4 is 35.9 Å². The van der Waals surface area contributed by atoms with E-state index in [9.17, 15) is 4.57 Å². The van der Waals surface area contributed by atoms with Crippen LogP contribution in [-0.4, -0.2) is 96.3 Å². The van der Waals surface area contributed by atoms with Gasteiger partial charge < -0.3 is 42.2 Å². The lowest BCUT2D eigenvalue weighted by Gasteiger charge is -2.34. The summed E-state index contributed by atoms with van der Waals surface area (Å²) in [6, 6.07) is 0. The van der Waals surface area contributed by atoms with Crippen LogP contribution in [-0.2, 0) is 46.8 Å². The van der Waals surface area contributed by atoms with Crippen molar-refractivity contribution in [3.05, 3.63) is 11.5 Å². The third-order valence-corrected chi connectivity index (χ3v) is 10.6. The molecule has 2 aromatic rings. The Morgan fingerprint density at radius 1 is 0.867 bits per heavy atom. The molecule has 0 spiro atoms. The molecular formula is C29H44ClN4O10P. The van der Waals surface area contributed by atoms with Crippen LogP contribution in [0.1, 0.15) is 77.9 Å². The zero-order valence-corrected chi connectivity index (χ0v) is 27.6. The summed E-state index contributed by atoms with van der Waals surface area (Å²) in [5.74, 6) is 0. The number of hydrogen-bond acceptors (Lipinski definition) is 13. The number of halogens is 1. The average molecular weight is 675 g/mol. The van der Waals surface area contributed by atoms with Crippen molar-refractivity contribution in [2.75, 3.05) is 39.6 Å². The predicted octanol–water partition coefficient (Wildman–Crippen LogP) is 4.64. The molecule has 2 aromatic heterocycles. The van der Waals surface area contributed by atoms with Crippen LogP contribution >= 0.6 is 19.2 Å². The molecule has 4 aliphatic heterocycles. The Labute approximate surface area is 268 Å². The van der Waals surface area contributed by atoms with Gasteiger partial charge in [-0.3, -0.25) is 9.13 Å². The molecule has 0 aromatic carbocycles. The van der Waals surface area contributed by atoms with Gasteiger partial charge in [0.1, 0.15) is 30.2 Å². The SMILES string of the molecule is CCOP(=O)(OCC)c1nc2c(Cl)ncnc2n1[C@@H]1O[C@H](COC2CCCCO2)[C@@H](OC2CCCCO2)[C@H]1OC1CCCCO1. The van der Waals surface area contributed by atoms with E-state index in [0.29, 0.717) is 26.2 Å². The molecule has 4 aliphatic rings. The summed E-state index contributed by atoms with van der Waals surface area (Å²) in [6.45, 7) is 5.70. The van der Waals surface area contributed by atoms with Crippen LogP contribution in [0.15, 0.2) is 6.33 Å². The molecule has 0 aliphatic carbocycles. The third kappa shape index (κ3) is 7.73. The van der Waals surface area contributed by atoms with Crippen molar-refractivity contribution in [1.29, 1.82) is 0 Å². The molecule has 7 atom stereocenters. The molecule has 0 saturated carbocycles. The zero-order valence-electron chi connectivity index (χ0n) is 25.9. The number of hydrogen-bond donors (Lipinski definition) is 0. The molecule has 6 heterocycles. The minimum Gasteiger partial charge on any atom is -0.353 e. The molecule has 0 N–H and O–H groups in total. The number of nitrogens with zero attached hydrogens (tertiary/aromatic N) is 4. The fourth-order valence-corrected chi connectivity index (χ4v) is 8.03. The fraction of sp³-hybridized carbons (Fsp3) is 0.828. The molecule has 0 bridgehead atoms. The first-order valence-electron chi connectivity index (χ1n) is 16.2. The Morgan fingerprint density at radius 3 is 2.04 bits per heavy atom. The van der Waals surface area contributed by atoms with Crippen LogP contribution in [0.4, 0.5) is 0 Å². The number of ether oxygens (including phenoxy) is 7. The molecule has 252 valence electrons. The molecule has 3 unspecified atom stereocenters. The van der Waals surface area contributed by atoms with Crippen molar-refractivity contribution in [3.8, 4) is 0 Å². The first-order chi connectivity index (χ1) is 22.0. The predicted molar refractivity (Wildman–Crippen MR) is 161 cm³/mol. The van der Waals surface area contributed by atoms with E-state index in [4.69, 9.17) is 53.8 Å². The van der Waals surface area contributed by atoms with E-state index in [1.54, 1.807) is 18.4 Å². The van der Waals surface area contributed by atoms with Crippen molar-refractivity contribution < 1.29 is 46.8 Å². The lowest BCUT2D eigenvalue weighted by atomic mass is 10.1. The smallest absolute Gasteiger partial charge is 0.353 e. The maximum atomic E-state index is 14.3. The van der Waals surface area contributed by atoms with E-state index in [1.807, 2.05) is 0 Å². The second-order valence-electron chi connectivity index (χ2n) is 11.4. The Hall–Kier alpha value is -1.29. The summed E-state index contributed by atoms with van der Waals surface area (Å²) in [7, 11) is -3.99. The lowest BCUT2D eigenvalue weighted by molar-refractivity contribution is -0.250. The van der Waals surface area contributed by atoms with E-state index in [2.05, 4.69) is 15.0 Å². The van der Waals surface area contributed by atoms with Gasteiger partial charge in [-0.2, -0.15) is 0 Å². The van der Waals surface area contributed by atoms with Crippen LogP contribution in [0.3, 0.4) is 0 Å². The summed E-state index contributed by atoms with van der Waals surface area (Å²) < 4.78 is 71.8. The Bertz CT molecular complexity index is 1280. The molecule has 4 fully saturated rings. The molecule has 6 rings (SSSR count). The van der Waals surface area contributed by atoms with Gasteiger partial charge in [-0.05, 0) is 71.6 Å². The van der Waals surface area contributed by atoms with Gasteiger partial charge in [0.2, 0.25) is 5.57 Å². The lowest BCUT2D eigenvalue weighted by Crippen LogP contribution is -2.45. The van der Waals surface area contributed by atoms with Crippen LogP contribution in [0.5, 0.6) is 0 Å². The number of aromatic nitrogens is 4. The highest BCUT2D eigenvalue weighted by Crippen LogP contribution is 2.49. The minimum absolute atomic E-state index is 0.0170. The highest BCUT2D eigenvalue weighted by Gasteiger charge is 2.52. The molecule has 4 saturated heterocycles. The van der Waals surface area contributed by atoms with Crippen LogP contribution in [0.25, 0.3) is 11.2 Å². The van der Waals surface area contributed by atoms with Crippen molar-refractivity contribution in [2.24, 2.45) is 0 Å². The zero-order chi connectivity index (χ0) is 31.2. The van der Waals surface area contributed by atoms with Gasteiger partial charge in [0, 0.05) is 19.8 Å². The van der Waals surface area contributed by atoms with Crippen LogP contribution in [0, 0.1) is 0 Å². The van der Waals surface area contributed by atoms with Crippen molar-refractivity contribution in [2.45, 2.75) is 115 Å². The Morgan fingerprint density at radius 2 is 1.47 bits per heavy atom. The topological polar surface area (TPSA) is 144 Å². The van der Waals surface area contributed by atoms with E-state index >= 15 is 0 Å². The Kier molecular flexibility index (Phi) is 11.8. The highest BCUT2D eigenvalue weighted by molar-refractivity contribution is 7.61. The van der Waals surface area contributed by atoms with Gasteiger partial charge in [0.15, 0.2) is 35.9 Å². The largest absolute Gasteiger partial charge is 0.396 e. The highest BCUT2D eigenvalue weighted by atomic mass is 35.5. The molecular weight excluding hydrogens is 631 g/mol. The number of rotatable bonds is 13. The fourth-order valence-electron chi connectivity index (χ4n) is 6.18. The third-order valence-electron chi connectivity index (χ3n) is 8.27. The summed E-state index contributed by atoms with van der Waals surface area (Å²) in [4.78, 5) is 13.2. The van der Waals surface area contributed by atoms with Gasteiger partial charge in [0.25, 0.3) is 0 Å². The van der Waals surface area contributed by atoms with E-state index < -0.39 is 44.7 Å². The first-order valence-corrected chi connectivity index (χ1v) is 18.1. The van der Waals surface area contributed by atoms with E-state index in [0.717, 1.165) is 51.4 Å². The molecule has 0 amide bonds. The van der Waals surface area contributed by atoms with Crippen LogP contribution in [0.2, 0.25) is 5.15 Å². The molecule has 0 radical (unpaired) electrons. The van der Waals surface area contributed by atoms with Gasteiger partial charge in [0.05, 0.1) is 19.8 Å². The van der Waals surface area contributed by atoms with Crippen molar-refractivity contribution in [3.63, 3.8) is 0 Å². The summed E-state index contributed by atoms with van der Waals surface area (Å²) in [5.41, 5.74) is 0.503. The average Bonchev–Trinajstić information content (AvgIpc) is 3.61. The maximum Gasteiger partial charge on any atom is 0.396 e. The molecule has 45 heavy (non-hydrogen) atoms.